The molecule has 19 heavy (non-hydrogen) atoms. The van der Waals surface area contributed by atoms with Crippen LogP contribution >= 0.6 is 15.9 Å². The molecule has 0 heterocycles. The molecule has 0 spiro atoms. The maximum absolute atomic E-state index is 12.4. The van der Waals surface area contributed by atoms with E-state index >= 15 is 0 Å². The van der Waals surface area contributed by atoms with Gasteiger partial charge in [0.2, 0.25) is 5.91 Å². The maximum Gasteiger partial charge on any atom is 0.235 e. The lowest BCUT2D eigenvalue weighted by atomic mass is 10.2. The van der Waals surface area contributed by atoms with Gasteiger partial charge in [-0.1, -0.05) is 29.8 Å². The van der Waals surface area contributed by atoms with Crippen LogP contribution in [0.1, 0.15) is 20.8 Å². The molecule has 106 valence electrons. The fourth-order valence-corrected chi connectivity index (χ4v) is 3.13. The summed E-state index contributed by atoms with van der Waals surface area (Å²) in [5, 5.41) is 2.15. The van der Waals surface area contributed by atoms with Crippen molar-refractivity contribution in [2.24, 2.45) is 5.92 Å². The van der Waals surface area contributed by atoms with Crippen LogP contribution in [0.2, 0.25) is 0 Å². The smallest absolute Gasteiger partial charge is 0.235 e. The van der Waals surface area contributed by atoms with Gasteiger partial charge in [-0.2, -0.15) is 0 Å². The Morgan fingerprint density at radius 1 is 1.42 bits per heavy atom. The van der Waals surface area contributed by atoms with Crippen molar-refractivity contribution in [2.45, 2.75) is 30.9 Å². The maximum atomic E-state index is 12.4. The van der Waals surface area contributed by atoms with Crippen molar-refractivity contribution < 1.29 is 9.00 Å². The molecule has 3 N–H and O–H groups in total. The summed E-state index contributed by atoms with van der Waals surface area (Å²) in [6.45, 7) is 6.24. The van der Waals surface area contributed by atoms with Gasteiger partial charge in [-0.25, -0.2) is 0 Å². The Kier molecular flexibility index (Phi) is 6.00. The van der Waals surface area contributed by atoms with E-state index in [1.807, 2.05) is 13.8 Å². The highest BCUT2D eigenvalue weighted by Crippen LogP contribution is 2.23. The van der Waals surface area contributed by atoms with E-state index in [1.165, 1.54) is 0 Å². The third kappa shape index (κ3) is 4.62. The van der Waals surface area contributed by atoms with Gasteiger partial charge < -0.3 is 11.1 Å². The first-order chi connectivity index (χ1) is 8.82. The van der Waals surface area contributed by atoms with E-state index in [0.29, 0.717) is 23.0 Å². The second kappa shape index (κ2) is 7.05. The van der Waals surface area contributed by atoms with Gasteiger partial charge in [-0.05, 0) is 31.0 Å². The predicted octanol–water partition coefficient (Wildman–Crippen LogP) is 2.30. The molecule has 1 aromatic rings. The average Bonchev–Trinajstić information content (AvgIpc) is 2.37. The number of nitrogen functional groups attached to an aromatic ring is 1. The largest absolute Gasteiger partial charge is 0.398 e. The molecule has 4 nitrogen and oxygen atoms in total. The number of carbonyl (C=O) groups is 1. The standard InChI is InChI=1S/C13H19BrN2O2S/c1-8(2)7-16-13(17)9(3)19(18)12-6-10(14)4-5-11(12)15/h4-6,8-9H,7,15H2,1-3H3,(H,16,17). The van der Waals surface area contributed by atoms with Gasteiger partial charge in [0.1, 0.15) is 5.25 Å². The van der Waals surface area contributed by atoms with E-state index in [4.69, 9.17) is 5.73 Å². The lowest BCUT2D eigenvalue weighted by Gasteiger charge is -2.14. The van der Waals surface area contributed by atoms with E-state index in [9.17, 15) is 9.00 Å². The van der Waals surface area contributed by atoms with Crippen molar-refractivity contribution >= 4 is 38.3 Å². The van der Waals surface area contributed by atoms with Crippen molar-refractivity contribution in [1.82, 2.24) is 5.32 Å². The summed E-state index contributed by atoms with van der Waals surface area (Å²) in [6, 6.07) is 5.15. The Bertz CT molecular complexity index is 492. The predicted molar refractivity (Wildman–Crippen MR) is 82.3 cm³/mol. The average molecular weight is 347 g/mol. The Balaban J connectivity index is 2.81. The second-order valence-electron chi connectivity index (χ2n) is 4.76. The van der Waals surface area contributed by atoms with Crippen LogP contribution in [0.15, 0.2) is 27.6 Å². The summed E-state index contributed by atoms with van der Waals surface area (Å²) < 4.78 is 13.1. The lowest BCUT2D eigenvalue weighted by molar-refractivity contribution is -0.120. The third-order valence-electron chi connectivity index (χ3n) is 2.57. The number of nitrogens with one attached hydrogen (secondary N) is 1. The monoisotopic (exact) mass is 346 g/mol. The molecular formula is C13H19BrN2O2S. The SMILES string of the molecule is CC(C)CNC(=O)C(C)S(=O)c1cc(Br)ccc1N. The molecule has 0 aliphatic heterocycles. The van der Waals surface area contributed by atoms with Crippen LogP contribution < -0.4 is 11.1 Å². The van der Waals surface area contributed by atoms with Crippen LogP contribution in [-0.4, -0.2) is 21.9 Å². The van der Waals surface area contributed by atoms with Crippen molar-refractivity contribution in [3.63, 3.8) is 0 Å². The number of amides is 1. The molecule has 0 saturated carbocycles. The summed E-state index contributed by atoms with van der Waals surface area (Å²) in [6.07, 6.45) is 0. The molecule has 0 bridgehead atoms. The zero-order valence-electron chi connectivity index (χ0n) is 11.3. The number of rotatable bonds is 5. The van der Waals surface area contributed by atoms with Gasteiger partial charge in [0.25, 0.3) is 0 Å². The van der Waals surface area contributed by atoms with Crippen LogP contribution in [-0.2, 0) is 15.6 Å². The minimum absolute atomic E-state index is 0.216. The van der Waals surface area contributed by atoms with E-state index < -0.39 is 16.0 Å². The summed E-state index contributed by atoms with van der Waals surface area (Å²) in [4.78, 5) is 12.4. The van der Waals surface area contributed by atoms with Gasteiger partial charge in [-0.3, -0.25) is 9.00 Å². The number of anilines is 1. The molecule has 0 fully saturated rings. The summed E-state index contributed by atoms with van der Waals surface area (Å²) in [5.41, 5.74) is 6.24. The Morgan fingerprint density at radius 3 is 2.63 bits per heavy atom. The topological polar surface area (TPSA) is 72.2 Å². The van der Waals surface area contributed by atoms with Gasteiger partial charge in [0.05, 0.1) is 15.7 Å². The van der Waals surface area contributed by atoms with Crippen molar-refractivity contribution in [3.05, 3.63) is 22.7 Å². The highest BCUT2D eigenvalue weighted by Gasteiger charge is 2.23. The first-order valence-corrected chi connectivity index (χ1v) is 8.06. The molecule has 0 aliphatic rings. The van der Waals surface area contributed by atoms with Crippen LogP contribution in [0.4, 0.5) is 5.69 Å². The first kappa shape index (κ1) is 16.2. The quantitative estimate of drug-likeness (QED) is 0.803. The molecule has 6 heteroatoms. The van der Waals surface area contributed by atoms with Crippen LogP contribution in [0.5, 0.6) is 0 Å². The van der Waals surface area contributed by atoms with E-state index in [2.05, 4.69) is 21.2 Å². The van der Waals surface area contributed by atoms with Crippen LogP contribution in [0.25, 0.3) is 0 Å². The normalized spacial score (nSPS) is 14.2. The van der Waals surface area contributed by atoms with Gasteiger partial charge in [-0.15, -0.1) is 0 Å². The second-order valence-corrected chi connectivity index (χ2v) is 7.42. The fraction of sp³-hybridized carbons (Fsp3) is 0.462. The number of carbonyl (C=O) groups excluding carboxylic acids is 1. The minimum atomic E-state index is -1.46. The molecule has 1 amide bonds. The van der Waals surface area contributed by atoms with E-state index in [1.54, 1.807) is 25.1 Å². The highest BCUT2D eigenvalue weighted by atomic mass is 79.9. The Hall–Kier alpha value is -0.880. The molecule has 0 radical (unpaired) electrons. The molecule has 0 aliphatic carbocycles. The van der Waals surface area contributed by atoms with E-state index in [-0.39, 0.29) is 5.91 Å². The molecule has 1 aromatic carbocycles. The van der Waals surface area contributed by atoms with Crippen molar-refractivity contribution in [1.29, 1.82) is 0 Å². The third-order valence-corrected chi connectivity index (χ3v) is 4.70. The molecular weight excluding hydrogens is 328 g/mol. The number of benzene rings is 1. The zero-order valence-corrected chi connectivity index (χ0v) is 13.7. The first-order valence-electron chi connectivity index (χ1n) is 6.06. The Labute approximate surface area is 124 Å². The van der Waals surface area contributed by atoms with Gasteiger partial charge in [0.15, 0.2) is 0 Å². The highest BCUT2D eigenvalue weighted by molar-refractivity contribution is 9.10. The lowest BCUT2D eigenvalue weighted by Crippen LogP contribution is -2.37. The van der Waals surface area contributed by atoms with E-state index in [0.717, 1.165) is 4.47 Å². The summed E-state index contributed by atoms with van der Waals surface area (Å²) in [7, 11) is -1.46. The number of hydrogen-bond acceptors (Lipinski definition) is 3. The number of hydrogen-bond donors (Lipinski definition) is 2. The van der Waals surface area contributed by atoms with Crippen molar-refractivity contribution in [2.75, 3.05) is 12.3 Å². The molecule has 2 unspecified atom stereocenters. The van der Waals surface area contributed by atoms with Gasteiger partial charge in [0, 0.05) is 16.7 Å². The minimum Gasteiger partial charge on any atom is -0.398 e. The summed E-state index contributed by atoms with van der Waals surface area (Å²) in [5.74, 6) is 0.145. The number of halogens is 1. The Morgan fingerprint density at radius 2 is 2.05 bits per heavy atom. The molecule has 0 aromatic heterocycles. The molecule has 1 rings (SSSR count). The molecule has 2 atom stereocenters. The molecule has 0 saturated heterocycles. The van der Waals surface area contributed by atoms with Gasteiger partial charge >= 0.3 is 0 Å². The van der Waals surface area contributed by atoms with Crippen molar-refractivity contribution in [3.8, 4) is 0 Å². The zero-order chi connectivity index (χ0) is 14.6. The number of nitrogens with two attached hydrogens (primary N) is 1. The summed E-state index contributed by atoms with van der Waals surface area (Å²) >= 11 is 3.31. The van der Waals surface area contributed by atoms with Crippen LogP contribution in [0, 0.1) is 5.92 Å². The van der Waals surface area contributed by atoms with Crippen LogP contribution in [0.3, 0.4) is 0 Å². The fourth-order valence-electron chi connectivity index (χ4n) is 1.42.